The summed E-state index contributed by atoms with van der Waals surface area (Å²) in [4.78, 5) is 5.91. The van der Waals surface area contributed by atoms with Gasteiger partial charge in [-0.1, -0.05) is 0 Å². The molecule has 13 heavy (non-hydrogen) atoms. The van der Waals surface area contributed by atoms with Gasteiger partial charge in [0.1, 0.15) is 11.6 Å². The Morgan fingerprint density at radius 1 is 1.62 bits per heavy atom. The molecule has 0 spiro atoms. The number of pyridine rings is 1. The van der Waals surface area contributed by atoms with Gasteiger partial charge in [-0.05, 0) is 12.5 Å². The van der Waals surface area contributed by atoms with Gasteiger partial charge < -0.3 is 10.0 Å². The Morgan fingerprint density at radius 2 is 2.46 bits per heavy atom. The largest absolute Gasteiger partial charge is 0.391 e. The Kier molecular flexibility index (Phi) is 2.14. The molecule has 1 aliphatic heterocycles. The third-order valence-corrected chi connectivity index (χ3v) is 2.19. The van der Waals surface area contributed by atoms with Gasteiger partial charge in [-0.3, -0.25) is 0 Å². The summed E-state index contributed by atoms with van der Waals surface area (Å²) in [7, 11) is 0. The first-order valence-electron chi connectivity index (χ1n) is 4.30. The smallest absolute Gasteiger partial charge is 0.131 e. The van der Waals surface area contributed by atoms with Crippen molar-refractivity contribution in [2.75, 3.05) is 18.0 Å². The van der Waals surface area contributed by atoms with Crippen molar-refractivity contribution < 1.29 is 9.50 Å². The molecule has 0 aromatic carbocycles. The Balaban J connectivity index is 2.16. The lowest BCUT2D eigenvalue weighted by molar-refractivity contribution is 0.198. The Labute approximate surface area is 75.8 Å². The van der Waals surface area contributed by atoms with Crippen molar-refractivity contribution in [3.05, 3.63) is 24.1 Å². The molecule has 3 nitrogen and oxygen atoms in total. The summed E-state index contributed by atoms with van der Waals surface area (Å²) >= 11 is 0. The molecule has 1 fully saturated rings. The van der Waals surface area contributed by atoms with E-state index in [1.165, 1.54) is 18.3 Å². The van der Waals surface area contributed by atoms with Crippen LogP contribution in [0, 0.1) is 5.82 Å². The highest BCUT2D eigenvalue weighted by Gasteiger charge is 2.21. The zero-order valence-electron chi connectivity index (χ0n) is 7.15. The summed E-state index contributed by atoms with van der Waals surface area (Å²) in [5, 5.41) is 9.27. The number of halogens is 1. The van der Waals surface area contributed by atoms with Crippen LogP contribution in [0.1, 0.15) is 6.42 Å². The number of nitrogens with zero attached hydrogens (tertiary/aromatic N) is 2. The van der Waals surface area contributed by atoms with E-state index in [1.807, 2.05) is 4.90 Å². The van der Waals surface area contributed by atoms with Crippen LogP contribution < -0.4 is 4.90 Å². The fraction of sp³-hybridized carbons (Fsp3) is 0.444. The highest BCUT2D eigenvalue weighted by molar-refractivity contribution is 5.39. The van der Waals surface area contributed by atoms with E-state index in [2.05, 4.69) is 4.98 Å². The molecular weight excluding hydrogens is 171 g/mol. The Bertz CT molecular complexity index is 305. The van der Waals surface area contributed by atoms with E-state index < -0.39 is 0 Å². The monoisotopic (exact) mass is 182 g/mol. The fourth-order valence-corrected chi connectivity index (χ4v) is 1.52. The number of β-amino-alcohol motifs (C(OH)–C–C–N with tert-alkyl or cyclic N) is 1. The molecule has 2 rings (SSSR count). The minimum Gasteiger partial charge on any atom is -0.391 e. The molecule has 1 aromatic heterocycles. The van der Waals surface area contributed by atoms with Gasteiger partial charge in [0, 0.05) is 25.4 Å². The van der Waals surface area contributed by atoms with Gasteiger partial charge in [-0.2, -0.15) is 0 Å². The SMILES string of the molecule is O[C@@H]1CCN(c2cc(F)ccn2)C1. The van der Waals surface area contributed by atoms with E-state index in [9.17, 15) is 9.50 Å². The van der Waals surface area contributed by atoms with E-state index in [-0.39, 0.29) is 11.9 Å². The van der Waals surface area contributed by atoms with Crippen LogP contribution in [0.25, 0.3) is 0 Å². The van der Waals surface area contributed by atoms with Crippen molar-refractivity contribution >= 4 is 5.82 Å². The highest BCUT2D eigenvalue weighted by atomic mass is 19.1. The molecule has 0 aliphatic carbocycles. The molecule has 70 valence electrons. The van der Waals surface area contributed by atoms with Gasteiger partial charge in [-0.25, -0.2) is 9.37 Å². The molecule has 4 heteroatoms. The van der Waals surface area contributed by atoms with Crippen LogP contribution in [0.4, 0.5) is 10.2 Å². The molecule has 0 unspecified atom stereocenters. The minimum absolute atomic E-state index is 0.286. The van der Waals surface area contributed by atoms with Gasteiger partial charge in [0.15, 0.2) is 0 Å². The van der Waals surface area contributed by atoms with Gasteiger partial charge >= 0.3 is 0 Å². The van der Waals surface area contributed by atoms with Gasteiger partial charge in [0.05, 0.1) is 6.10 Å². The van der Waals surface area contributed by atoms with E-state index in [1.54, 1.807) is 0 Å². The second kappa shape index (κ2) is 3.30. The van der Waals surface area contributed by atoms with Crippen molar-refractivity contribution in [3.63, 3.8) is 0 Å². The highest BCUT2D eigenvalue weighted by Crippen LogP contribution is 2.17. The number of rotatable bonds is 1. The van der Waals surface area contributed by atoms with Crippen molar-refractivity contribution in [1.29, 1.82) is 0 Å². The molecule has 0 amide bonds. The molecule has 1 atom stereocenters. The van der Waals surface area contributed by atoms with Crippen molar-refractivity contribution in [1.82, 2.24) is 4.98 Å². The van der Waals surface area contributed by atoms with Crippen LogP contribution in [-0.2, 0) is 0 Å². The minimum atomic E-state index is -0.301. The number of anilines is 1. The summed E-state index contributed by atoms with van der Waals surface area (Å²) in [6.07, 6.45) is 1.87. The van der Waals surface area contributed by atoms with Crippen molar-refractivity contribution in [3.8, 4) is 0 Å². The predicted molar refractivity (Wildman–Crippen MR) is 47.0 cm³/mol. The number of aliphatic hydroxyl groups excluding tert-OH is 1. The predicted octanol–water partition coefficient (Wildman–Crippen LogP) is 0.792. The van der Waals surface area contributed by atoms with Gasteiger partial charge in [-0.15, -0.1) is 0 Å². The van der Waals surface area contributed by atoms with Crippen LogP contribution in [0.2, 0.25) is 0 Å². The summed E-state index contributed by atoms with van der Waals surface area (Å²) in [6, 6.07) is 2.70. The molecule has 1 aliphatic rings. The maximum Gasteiger partial charge on any atom is 0.131 e. The summed E-state index contributed by atoms with van der Waals surface area (Å²) in [6.45, 7) is 1.30. The second-order valence-corrected chi connectivity index (χ2v) is 3.22. The molecule has 0 radical (unpaired) electrons. The first kappa shape index (κ1) is 8.44. The molecule has 1 N–H and O–H groups in total. The first-order chi connectivity index (χ1) is 6.25. The lowest BCUT2D eigenvalue weighted by atomic mass is 10.3. The van der Waals surface area contributed by atoms with E-state index in [0.717, 1.165) is 13.0 Å². The van der Waals surface area contributed by atoms with Crippen molar-refractivity contribution in [2.24, 2.45) is 0 Å². The lowest BCUT2D eigenvalue weighted by Crippen LogP contribution is -2.22. The Morgan fingerprint density at radius 3 is 3.08 bits per heavy atom. The summed E-state index contributed by atoms with van der Waals surface area (Å²) in [5.41, 5.74) is 0. The zero-order valence-corrected chi connectivity index (χ0v) is 7.15. The maximum absolute atomic E-state index is 12.8. The van der Waals surface area contributed by atoms with Crippen LogP contribution in [0.3, 0.4) is 0 Å². The molecule has 1 saturated heterocycles. The van der Waals surface area contributed by atoms with Crippen LogP contribution in [0.15, 0.2) is 18.3 Å². The normalized spacial score (nSPS) is 22.3. The maximum atomic E-state index is 12.8. The lowest BCUT2D eigenvalue weighted by Gasteiger charge is -2.15. The molecule has 0 saturated carbocycles. The van der Waals surface area contributed by atoms with Crippen LogP contribution in [-0.4, -0.2) is 29.3 Å². The number of hydrogen-bond acceptors (Lipinski definition) is 3. The summed E-state index contributed by atoms with van der Waals surface area (Å²) < 4.78 is 12.8. The molecule has 2 heterocycles. The van der Waals surface area contributed by atoms with Gasteiger partial charge in [0.25, 0.3) is 0 Å². The number of aromatic nitrogens is 1. The third-order valence-electron chi connectivity index (χ3n) is 2.19. The number of hydrogen-bond donors (Lipinski definition) is 1. The van der Waals surface area contributed by atoms with Gasteiger partial charge in [0.2, 0.25) is 0 Å². The van der Waals surface area contributed by atoms with Crippen LogP contribution >= 0.6 is 0 Å². The van der Waals surface area contributed by atoms with Crippen LogP contribution in [0.5, 0.6) is 0 Å². The second-order valence-electron chi connectivity index (χ2n) is 3.22. The standard InChI is InChI=1S/C9H11FN2O/c10-7-1-3-11-9(5-7)12-4-2-8(13)6-12/h1,3,5,8,13H,2,4,6H2/t8-/m1/s1. The Hall–Kier alpha value is -1.16. The zero-order chi connectivity index (χ0) is 9.26. The average Bonchev–Trinajstić information content (AvgIpc) is 2.52. The first-order valence-corrected chi connectivity index (χ1v) is 4.30. The molecule has 0 bridgehead atoms. The fourth-order valence-electron chi connectivity index (χ4n) is 1.52. The third kappa shape index (κ3) is 1.78. The molecule has 1 aromatic rings. The summed E-state index contributed by atoms with van der Waals surface area (Å²) in [5.74, 6) is 0.322. The topological polar surface area (TPSA) is 36.4 Å². The quantitative estimate of drug-likeness (QED) is 0.697. The average molecular weight is 182 g/mol. The number of aliphatic hydroxyl groups is 1. The van der Waals surface area contributed by atoms with E-state index in [4.69, 9.17) is 0 Å². The molecular formula is C9H11FN2O. The van der Waals surface area contributed by atoms with Crippen molar-refractivity contribution in [2.45, 2.75) is 12.5 Å². The van der Waals surface area contributed by atoms with E-state index in [0.29, 0.717) is 12.4 Å². The van der Waals surface area contributed by atoms with E-state index >= 15 is 0 Å².